The molecule has 0 aliphatic carbocycles. The minimum Gasteiger partial charge on any atom is -0.396 e. The molecule has 0 aromatic carbocycles. The van der Waals surface area contributed by atoms with Crippen LogP contribution in [0.15, 0.2) is 0 Å². The van der Waals surface area contributed by atoms with Crippen LogP contribution in [-0.4, -0.2) is 18.0 Å². The summed E-state index contributed by atoms with van der Waals surface area (Å²) in [5.74, 6) is 0. The Morgan fingerprint density at radius 2 is 0.900 bits per heavy atom. The van der Waals surface area contributed by atoms with Crippen LogP contribution in [0.1, 0.15) is 104 Å². The predicted molar refractivity (Wildman–Crippen MR) is 89.1 cm³/mol. The van der Waals surface area contributed by atoms with E-state index in [2.05, 4.69) is 6.92 Å². The molecule has 0 aliphatic heterocycles. The van der Waals surface area contributed by atoms with Gasteiger partial charge in [-0.1, -0.05) is 90.4 Å². The van der Waals surface area contributed by atoms with Crippen molar-refractivity contribution in [2.75, 3.05) is 6.61 Å². The van der Waals surface area contributed by atoms with Gasteiger partial charge in [0.25, 0.3) is 0 Å². The Morgan fingerprint density at radius 3 is 1.15 bits per heavy atom. The highest BCUT2D eigenvalue weighted by atomic mass is 16.2. The van der Waals surface area contributed by atoms with E-state index in [9.17, 15) is 0 Å². The Kier molecular flexibility index (Phi) is 26.0. The SMILES string of the molecule is CC=O.CCCCCCCCCCCCCCCCO. The number of aliphatic hydroxyl groups excluding tert-OH is 1. The molecule has 1 N–H and O–H groups in total. The summed E-state index contributed by atoms with van der Waals surface area (Å²) < 4.78 is 0. The average Bonchev–Trinajstić information content (AvgIpc) is 2.45. The summed E-state index contributed by atoms with van der Waals surface area (Å²) in [4.78, 5) is 8.81. The van der Waals surface area contributed by atoms with Crippen molar-refractivity contribution in [3.05, 3.63) is 0 Å². The number of rotatable bonds is 14. The van der Waals surface area contributed by atoms with Crippen LogP contribution in [0.5, 0.6) is 0 Å². The lowest BCUT2D eigenvalue weighted by Gasteiger charge is -2.02. The molecule has 0 aromatic heterocycles. The number of unbranched alkanes of at least 4 members (excludes halogenated alkanes) is 13. The van der Waals surface area contributed by atoms with E-state index in [1.165, 1.54) is 90.4 Å². The Labute approximate surface area is 127 Å². The molecule has 0 aliphatic rings. The highest BCUT2D eigenvalue weighted by molar-refractivity contribution is 5.44. The van der Waals surface area contributed by atoms with Gasteiger partial charge in [-0.3, -0.25) is 0 Å². The summed E-state index contributed by atoms with van der Waals surface area (Å²) in [6.45, 7) is 4.10. The molecule has 0 saturated carbocycles. The molecular formula is C18H38O2. The molecule has 122 valence electrons. The minimum atomic E-state index is 0.373. The van der Waals surface area contributed by atoms with Crippen molar-refractivity contribution in [2.24, 2.45) is 0 Å². The van der Waals surface area contributed by atoms with Crippen molar-refractivity contribution in [2.45, 2.75) is 104 Å². The van der Waals surface area contributed by atoms with Crippen molar-refractivity contribution < 1.29 is 9.90 Å². The maximum atomic E-state index is 8.81. The van der Waals surface area contributed by atoms with E-state index >= 15 is 0 Å². The van der Waals surface area contributed by atoms with Crippen molar-refractivity contribution in [3.63, 3.8) is 0 Å². The first-order valence-corrected chi connectivity index (χ1v) is 8.84. The van der Waals surface area contributed by atoms with Gasteiger partial charge in [0.1, 0.15) is 6.29 Å². The highest BCUT2D eigenvalue weighted by Gasteiger charge is 1.93. The number of hydrogen-bond donors (Lipinski definition) is 1. The molecule has 0 saturated heterocycles. The molecule has 20 heavy (non-hydrogen) atoms. The zero-order chi connectivity index (χ0) is 15.3. The number of carbonyl (C=O) groups is 1. The molecule has 0 bridgehead atoms. The number of hydrogen-bond acceptors (Lipinski definition) is 2. The maximum absolute atomic E-state index is 8.81. The molecule has 0 heterocycles. The Morgan fingerprint density at radius 1 is 0.650 bits per heavy atom. The molecule has 0 radical (unpaired) electrons. The second-order valence-corrected chi connectivity index (χ2v) is 5.56. The zero-order valence-corrected chi connectivity index (χ0v) is 14.0. The maximum Gasteiger partial charge on any atom is 0.116 e. The largest absolute Gasteiger partial charge is 0.396 e. The quantitative estimate of drug-likeness (QED) is 0.330. The fourth-order valence-corrected chi connectivity index (χ4v) is 2.31. The van der Waals surface area contributed by atoms with Crippen LogP contribution in [0.25, 0.3) is 0 Å². The third-order valence-corrected chi connectivity index (χ3v) is 3.51. The van der Waals surface area contributed by atoms with E-state index in [-0.39, 0.29) is 0 Å². The minimum absolute atomic E-state index is 0.373. The highest BCUT2D eigenvalue weighted by Crippen LogP contribution is 2.12. The van der Waals surface area contributed by atoms with Gasteiger partial charge in [-0.2, -0.15) is 0 Å². The number of carbonyl (C=O) groups excluding carboxylic acids is 1. The monoisotopic (exact) mass is 286 g/mol. The van der Waals surface area contributed by atoms with E-state index in [0.29, 0.717) is 6.61 Å². The first kappa shape index (κ1) is 21.9. The first-order valence-electron chi connectivity index (χ1n) is 8.84. The van der Waals surface area contributed by atoms with Gasteiger partial charge < -0.3 is 9.90 Å². The van der Waals surface area contributed by atoms with Gasteiger partial charge in [-0.05, 0) is 13.3 Å². The Bertz CT molecular complexity index is 143. The van der Waals surface area contributed by atoms with E-state index in [1.807, 2.05) is 0 Å². The molecular weight excluding hydrogens is 248 g/mol. The summed E-state index contributed by atoms with van der Waals surface area (Å²) >= 11 is 0. The molecule has 0 amide bonds. The van der Waals surface area contributed by atoms with Crippen LogP contribution in [0.2, 0.25) is 0 Å². The standard InChI is InChI=1S/C16H34O.C2H4O/c1-2-3-4-5-6-7-8-9-10-11-12-13-14-15-16-17;1-2-3/h17H,2-16H2,1H3;2H,1H3. The smallest absolute Gasteiger partial charge is 0.116 e. The van der Waals surface area contributed by atoms with Crippen LogP contribution in [0.4, 0.5) is 0 Å². The summed E-state index contributed by atoms with van der Waals surface area (Å²) in [6.07, 6.45) is 20.0. The van der Waals surface area contributed by atoms with Crippen LogP contribution in [0.3, 0.4) is 0 Å². The van der Waals surface area contributed by atoms with Gasteiger partial charge in [-0.15, -0.1) is 0 Å². The van der Waals surface area contributed by atoms with Crippen molar-refractivity contribution in [1.82, 2.24) is 0 Å². The molecule has 0 unspecified atom stereocenters. The fourth-order valence-electron chi connectivity index (χ4n) is 2.31. The van der Waals surface area contributed by atoms with Crippen molar-refractivity contribution in [3.8, 4) is 0 Å². The summed E-state index contributed by atoms with van der Waals surface area (Å²) in [5.41, 5.74) is 0. The van der Waals surface area contributed by atoms with E-state index in [1.54, 1.807) is 0 Å². The number of aldehydes is 1. The molecule has 0 aromatic rings. The first-order chi connectivity index (χ1) is 9.83. The van der Waals surface area contributed by atoms with Gasteiger partial charge in [0, 0.05) is 6.61 Å². The van der Waals surface area contributed by atoms with Crippen LogP contribution in [0, 0.1) is 0 Å². The van der Waals surface area contributed by atoms with Crippen LogP contribution >= 0.6 is 0 Å². The molecule has 2 heteroatoms. The van der Waals surface area contributed by atoms with Crippen molar-refractivity contribution >= 4 is 6.29 Å². The topological polar surface area (TPSA) is 37.3 Å². The van der Waals surface area contributed by atoms with Gasteiger partial charge in [0.05, 0.1) is 0 Å². The lowest BCUT2D eigenvalue weighted by atomic mass is 10.0. The van der Waals surface area contributed by atoms with Gasteiger partial charge in [0.2, 0.25) is 0 Å². The summed E-state index contributed by atoms with van der Waals surface area (Å²) in [6, 6.07) is 0. The Balaban J connectivity index is 0. The molecule has 0 spiro atoms. The van der Waals surface area contributed by atoms with E-state index in [0.717, 1.165) is 12.7 Å². The van der Waals surface area contributed by atoms with Gasteiger partial charge >= 0.3 is 0 Å². The van der Waals surface area contributed by atoms with Crippen LogP contribution in [-0.2, 0) is 4.79 Å². The molecule has 0 atom stereocenters. The van der Waals surface area contributed by atoms with E-state index in [4.69, 9.17) is 9.90 Å². The van der Waals surface area contributed by atoms with Gasteiger partial charge in [0.15, 0.2) is 0 Å². The van der Waals surface area contributed by atoms with Crippen LogP contribution < -0.4 is 0 Å². The van der Waals surface area contributed by atoms with Gasteiger partial charge in [-0.25, -0.2) is 0 Å². The Hall–Kier alpha value is -0.370. The third kappa shape index (κ3) is 26.2. The lowest BCUT2D eigenvalue weighted by Crippen LogP contribution is -1.84. The number of aliphatic hydroxyl groups is 1. The van der Waals surface area contributed by atoms with Crippen molar-refractivity contribution in [1.29, 1.82) is 0 Å². The zero-order valence-electron chi connectivity index (χ0n) is 14.0. The van der Waals surface area contributed by atoms with E-state index < -0.39 is 0 Å². The second-order valence-electron chi connectivity index (χ2n) is 5.56. The molecule has 0 fully saturated rings. The lowest BCUT2D eigenvalue weighted by molar-refractivity contribution is -0.106. The third-order valence-electron chi connectivity index (χ3n) is 3.51. The summed E-state index contributed by atoms with van der Waals surface area (Å²) in [7, 11) is 0. The molecule has 0 rings (SSSR count). The second kappa shape index (κ2) is 23.7. The molecule has 2 nitrogen and oxygen atoms in total. The normalized spacial score (nSPS) is 9.95. The fraction of sp³-hybridized carbons (Fsp3) is 0.944. The average molecular weight is 286 g/mol. The summed E-state index contributed by atoms with van der Waals surface area (Å²) in [5, 5.41) is 8.64. The predicted octanol–water partition coefficient (Wildman–Crippen LogP) is 5.67.